The summed E-state index contributed by atoms with van der Waals surface area (Å²) in [6.07, 6.45) is 5.86. The Balaban J connectivity index is 1.11. The van der Waals surface area contributed by atoms with E-state index in [2.05, 4.69) is 41.5 Å². The lowest BCUT2D eigenvalue weighted by Crippen LogP contribution is -2.50. The molecule has 2 amide bonds. The lowest BCUT2D eigenvalue weighted by Gasteiger charge is -2.39. The van der Waals surface area contributed by atoms with Crippen LogP contribution >= 0.6 is 11.6 Å². The van der Waals surface area contributed by atoms with Crippen molar-refractivity contribution in [3.05, 3.63) is 63.4 Å². The molecule has 3 heterocycles. The Bertz CT molecular complexity index is 1200. The van der Waals surface area contributed by atoms with Gasteiger partial charge >= 0.3 is 0 Å². The quantitative estimate of drug-likeness (QED) is 0.479. The number of amides is 2. The number of piperidine rings is 1. The number of ether oxygens (including phenoxy) is 2. The molecule has 0 radical (unpaired) electrons. The number of benzene rings is 2. The van der Waals surface area contributed by atoms with E-state index in [1.54, 1.807) is 0 Å². The van der Waals surface area contributed by atoms with Crippen LogP contribution in [0.3, 0.4) is 0 Å². The van der Waals surface area contributed by atoms with Gasteiger partial charge in [0.05, 0.1) is 17.7 Å². The van der Waals surface area contributed by atoms with Gasteiger partial charge in [0.15, 0.2) is 0 Å². The fraction of sp³-hybridized carbons (Fsp3) is 0.533. The van der Waals surface area contributed by atoms with Gasteiger partial charge in [-0.15, -0.1) is 0 Å². The van der Waals surface area contributed by atoms with E-state index in [4.69, 9.17) is 21.1 Å². The van der Waals surface area contributed by atoms with Crippen molar-refractivity contribution in [2.45, 2.75) is 76.6 Å². The van der Waals surface area contributed by atoms with Gasteiger partial charge in [-0.25, -0.2) is 4.39 Å². The number of carbonyl (C=O) groups excluding carboxylic acids is 2. The van der Waals surface area contributed by atoms with Gasteiger partial charge in [-0.3, -0.25) is 14.5 Å². The third-order valence-corrected chi connectivity index (χ3v) is 8.85. The van der Waals surface area contributed by atoms with E-state index in [1.165, 1.54) is 29.3 Å². The molecule has 5 rings (SSSR count). The average molecular weight is 558 g/mol. The molecule has 3 aliphatic heterocycles. The smallest absolute Gasteiger partial charge is 0.251 e. The number of hydrogen-bond acceptors (Lipinski definition) is 5. The van der Waals surface area contributed by atoms with Crippen LogP contribution in [-0.2, 0) is 16.0 Å². The maximum absolute atomic E-state index is 13.5. The minimum absolute atomic E-state index is 0.00221. The molecule has 210 valence electrons. The number of rotatable bonds is 9. The van der Waals surface area contributed by atoms with E-state index in [1.807, 2.05) is 0 Å². The second-order valence-corrected chi connectivity index (χ2v) is 11.4. The molecular formula is C30H37ClFN3O4. The fourth-order valence-electron chi connectivity index (χ4n) is 6.21. The van der Waals surface area contributed by atoms with Crippen LogP contribution in [0.1, 0.15) is 59.2 Å². The summed E-state index contributed by atoms with van der Waals surface area (Å²) in [5, 5.41) is 5.94. The van der Waals surface area contributed by atoms with Crippen molar-refractivity contribution in [2.75, 3.05) is 26.3 Å². The molecule has 3 saturated heterocycles. The maximum atomic E-state index is 13.5. The zero-order chi connectivity index (χ0) is 27.5. The van der Waals surface area contributed by atoms with Crippen LogP contribution in [0.5, 0.6) is 5.75 Å². The first-order valence-electron chi connectivity index (χ1n) is 13.9. The molecule has 0 aliphatic carbocycles. The monoisotopic (exact) mass is 557 g/mol. The summed E-state index contributed by atoms with van der Waals surface area (Å²) in [6, 6.07) is 9.39. The third kappa shape index (κ3) is 6.56. The van der Waals surface area contributed by atoms with Crippen molar-refractivity contribution in [1.29, 1.82) is 0 Å². The third-order valence-electron chi connectivity index (χ3n) is 8.56. The van der Waals surface area contributed by atoms with Gasteiger partial charge in [0, 0.05) is 43.2 Å². The van der Waals surface area contributed by atoms with Crippen molar-refractivity contribution in [3.63, 3.8) is 0 Å². The highest BCUT2D eigenvalue weighted by Crippen LogP contribution is 2.36. The molecule has 2 aromatic carbocycles. The number of fused-ring (bicyclic) bond motifs is 2. The summed E-state index contributed by atoms with van der Waals surface area (Å²) in [5.41, 5.74) is 4.16. The maximum Gasteiger partial charge on any atom is 0.251 e. The van der Waals surface area contributed by atoms with Gasteiger partial charge in [-0.1, -0.05) is 17.7 Å². The van der Waals surface area contributed by atoms with Crippen LogP contribution in [0.15, 0.2) is 30.3 Å². The minimum atomic E-state index is -0.519. The van der Waals surface area contributed by atoms with Crippen LogP contribution in [0.4, 0.5) is 4.39 Å². The van der Waals surface area contributed by atoms with Crippen LogP contribution in [0.2, 0.25) is 5.02 Å². The molecule has 0 spiro atoms. The largest absolute Gasteiger partial charge is 0.493 e. The summed E-state index contributed by atoms with van der Waals surface area (Å²) in [4.78, 5) is 26.6. The van der Waals surface area contributed by atoms with E-state index in [0.717, 1.165) is 56.4 Å². The molecule has 3 unspecified atom stereocenters. The Hall–Kier alpha value is -2.68. The van der Waals surface area contributed by atoms with E-state index in [-0.39, 0.29) is 35.6 Å². The van der Waals surface area contributed by atoms with Gasteiger partial charge in [0.1, 0.15) is 18.2 Å². The number of carbonyl (C=O) groups is 2. The first-order valence-corrected chi connectivity index (χ1v) is 14.3. The van der Waals surface area contributed by atoms with Crippen molar-refractivity contribution >= 4 is 23.4 Å². The van der Waals surface area contributed by atoms with Crippen molar-refractivity contribution in [1.82, 2.24) is 15.5 Å². The highest BCUT2D eigenvalue weighted by Gasteiger charge is 2.40. The van der Waals surface area contributed by atoms with Crippen LogP contribution in [0, 0.1) is 19.7 Å². The first kappa shape index (κ1) is 27.9. The zero-order valence-electron chi connectivity index (χ0n) is 22.6. The lowest BCUT2D eigenvalue weighted by molar-refractivity contribution is -0.133. The summed E-state index contributed by atoms with van der Waals surface area (Å²) in [7, 11) is 0. The van der Waals surface area contributed by atoms with E-state index in [9.17, 15) is 14.0 Å². The summed E-state index contributed by atoms with van der Waals surface area (Å²) in [5.74, 6) is 0.122. The molecule has 2 aromatic rings. The Morgan fingerprint density at radius 1 is 1.18 bits per heavy atom. The Morgan fingerprint density at radius 2 is 1.95 bits per heavy atom. The Labute approximate surface area is 234 Å². The molecule has 3 aliphatic rings. The molecule has 2 N–H and O–H groups in total. The van der Waals surface area contributed by atoms with Crippen LogP contribution < -0.4 is 15.4 Å². The highest BCUT2D eigenvalue weighted by molar-refractivity contribution is 6.31. The second kappa shape index (κ2) is 12.2. The summed E-state index contributed by atoms with van der Waals surface area (Å²) in [6.45, 7) is 6.47. The van der Waals surface area contributed by atoms with Gasteiger partial charge < -0.3 is 20.1 Å². The van der Waals surface area contributed by atoms with Gasteiger partial charge in [-0.2, -0.15) is 0 Å². The van der Waals surface area contributed by atoms with Crippen molar-refractivity contribution < 1.29 is 23.5 Å². The van der Waals surface area contributed by atoms with Gasteiger partial charge in [-0.05, 0) is 86.9 Å². The molecule has 3 fully saturated rings. The Kier molecular flexibility index (Phi) is 8.74. The molecule has 7 nitrogen and oxygen atoms in total. The topological polar surface area (TPSA) is 79.9 Å². The van der Waals surface area contributed by atoms with Crippen LogP contribution in [0.25, 0.3) is 0 Å². The van der Waals surface area contributed by atoms with Crippen molar-refractivity contribution in [2.24, 2.45) is 0 Å². The molecule has 2 bridgehead atoms. The number of nitrogens with zero attached hydrogens (tertiary/aromatic N) is 1. The van der Waals surface area contributed by atoms with Gasteiger partial charge in [0.2, 0.25) is 5.91 Å². The summed E-state index contributed by atoms with van der Waals surface area (Å²) >= 11 is 5.86. The van der Waals surface area contributed by atoms with Crippen LogP contribution in [-0.4, -0.2) is 67.2 Å². The fourth-order valence-corrected chi connectivity index (χ4v) is 6.39. The number of halogens is 2. The average Bonchev–Trinajstić information content (AvgIpc) is 3.16. The molecule has 39 heavy (non-hydrogen) atoms. The van der Waals surface area contributed by atoms with Crippen molar-refractivity contribution in [3.8, 4) is 5.75 Å². The molecule has 9 heteroatoms. The predicted molar refractivity (Wildman–Crippen MR) is 148 cm³/mol. The zero-order valence-corrected chi connectivity index (χ0v) is 23.4. The van der Waals surface area contributed by atoms with E-state index in [0.29, 0.717) is 30.8 Å². The molecule has 0 aromatic heterocycles. The first-order chi connectivity index (χ1) is 18.8. The second-order valence-electron chi connectivity index (χ2n) is 11.0. The minimum Gasteiger partial charge on any atom is -0.493 e. The number of hydrogen-bond donors (Lipinski definition) is 2. The number of morpholine rings is 1. The Morgan fingerprint density at radius 3 is 2.64 bits per heavy atom. The van der Waals surface area contributed by atoms with Gasteiger partial charge in [0.25, 0.3) is 5.91 Å². The van der Waals surface area contributed by atoms with E-state index < -0.39 is 5.82 Å². The standard InChI is InChI=1S/C30H37ClFN3O4/c1-18-19(2)28(38-12-10-25-16-33-29(36)17-39-25)8-4-20(18)9-11-35-23-5-6-24(35)15-22(14-23)34-30(37)21-3-7-27(32)26(31)13-21/h3-4,7-8,13,22-25H,5-6,9-12,14-17H2,1-2H3,(H,33,36)(H,34,37). The molecule has 3 atom stereocenters. The predicted octanol–water partition coefficient (Wildman–Crippen LogP) is 4.35. The summed E-state index contributed by atoms with van der Waals surface area (Å²) < 4.78 is 25.1. The molecular weight excluding hydrogens is 521 g/mol. The number of nitrogens with one attached hydrogen (secondary N) is 2. The highest BCUT2D eigenvalue weighted by atomic mass is 35.5. The molecule has 0 saturated carbocycles. The normalized spacial score (nSPS) is 24.9. The SMILES string of the molecule is Cc1c(CCN2C3CCC2CC(NC(=O)c2ccc(F)c(Cl)c2)C3)ccc(OCCC2CNC(=O)CO2)c1C. The van der Waals surface area contributed by atoms with E-state index >= 15 is 0 Å². The lowest BCUT2D eigenvalue weighted by atomic mass is 9.95.